The lowest BCUT2D eigenvalue weighted by atomic mass is 10.1. The van der Waals surface area contributed by atoms with Crippen molar-refractivity contribution in [3.8, 4) is 0 Å². The van der Waals surface area contributed by atoms with Gasteiger partial charge in [-0.25, -0.2) is 12.6 Å². The molecule has 0 aromatic heterocycles. The van der Waals surface area contributed by atoms with E-state index in [1.807, 2.05) is 4.13 Å². The maximum Gasteiger partial charge on any atom is 0.261 e. The Hall–Kier alpha value is -2.49. The summed E-state index contributed by atoms with van der Waals surface area (Å²) in [5.41, 5.74) is 1.37. The Balaban J connectivity index is 1.81. The van der Waals surface area contributed by atoms with E-state index in [-0.39, 0.29) is 23.3 Å². The number of nitrogens with one attached hydrogen (secondary N) is 1. The highest BCUT2D eigenvalue weighted by Gasteiger charge is 2.34. The molecule has 0 aliphatic carbocycles. The van der Waals surface area contributed by atoms with Crippen LogP contribution in [-0.2, 0) is 26.3 Å². The molecule has 1 N–H and O–H groups in total. The van der Waals surface area contributed by atoms with Crippen molar-refractivity contribution in [2.24, 2.45) is 0 Å². The van der Waals surface area contributed by atoms with Gasteiger partial charge >= 0.3 is 0 Å². The minimum Gasteiger partial charge on any atom is -0.270 e. The number of fused-ring (bicyclic) bond motifs is 1. The van der Waals surface area contributed by atoms with Gasteiger partial charge in [0.05, 0.1) is 33.6 Å². The van der Waals surface area contributed by atoms with E-state index in [9.17, 15) is 22.2 Å². The zero-order valence-corrected chi connectivity index (χ0v) is 15.5. The highest BCUT2D eigenvalue weighted by molar-refractivity contribution is 8.09. The fourth-order valence-corrected chi connectivity index (χ4v) is 5.59. The molecule has 2 aromatic carbocycles. The van der Waals surface area contributed by atoms with Crippen molar-refractivity contribution < 1.29 is 22.2 Å². The van der Waals surface area contributed by atoms with Gasteiger partial charge in [0.25, 0.3) is 11.8 Å². The first kappa shape index (κ1) is 18.3. The Labute approximate surface area is 151 Å². The number of benzene rings is 2. The Kier molecular flexibility index (Phi) is 4.47. The normalized spacial score (nSPS) is 16.4. The molecule has 1 atom stereocenters. The van der Waals surface area contributed by atoms with Crippen LogP contribution in [0.15, 0.2) is 53.4 Å². The van der Waals surface area contributed by atoms with Crippen LogP contribution < -0.4 is 4.13 Å². The Morgan fingerprint density at radius 2 is 1.42 bits per heavy atom. The summed E-state index contributed by atoms with van der Waals surface area (Å²) in [5.74, 6) is 2.70. The molecule has 0 bridgehead atoms. The summed E-state index contributed by atoms with van der Waals surface area (Å²) in [6, 6.07) is 12.7. The largest absolute Gasteiger partial charge is 0.270 e. The van der Waals surface area contributed by atoms with Gasteiger partial charge in [0.15, 0.2) is 0 Å². The standard InChI is InChI=1S/C17H16N2O5S2/c1-25(22,18-26(2,23)24)13-9-7-12(8-10-13)11-19-16(20)14-5-3-4-6-15(14)17(19)21/h3-10H,1,11H2,2H3,(H,18,22). The zero-order chi connectivity index (χ0) is 19.1. The van der Waals surface area contributed by atoms with Crippen molar-refractivity contribution in [2.45, 2.75) is 11.4 Å². The van der Waals surface area contributed by atoms with E-state index >= 15 is 0 Å². The second-order valence-electron chi connectivity index (χ2n) is 5.92. The van der Waals surface area contributed by atoms with Crippen LogP contribution >= 0.6 is 0 Å². The number of carbonyl (C=O) groups excluding carboxylic acids is 2. The van der Waals surface area contributed by atoms with Crippen molar-refractivity contribution in [2.75, 3.05) is 6.26 Å². The minimum absolute atomic E-state index is 0.0600. The highest BCUT2D eigenvalue weighted by atomic mass is 32.3. The van der Waals surface area contributed by atoms with Gasteiger partial charge in [0, 0.05) is 4.90 Å². The first-order valence-electron chi connectivity index (χ1n) is 7.48. The maximum absolute atomic E-state index is 12.4. The van der Waals surface area contributed by atoms with Crippen LogP contribution in [0.5, 0.6) is 0 Å². The molecular weight excluding hydrogens is 376 g/mol. The van der Waals surface area contributed by atoms with Crippen LogP contribution in [0.25, 0.3) is 0 Å². The van der Waals surface area contributed by atoms with Gasteiger partial charge in [-0.1, -0.05) is 24.3 Å². The number of amides is 2. The van der Waals surface area contributed by atoms with Crippen LogP contribution in [-0.4, -0.2) is 41.5 Å². The third kappa shape index (κ3) is 3.55. The number of imide groups is 1. The topological polar surface area (TPSA) is 101 Å². The van der Waals surface area contributed by atoms with Crippen molar-refractivity contribution in [3.63, 3.8) is 0 Å². The van der Waals surface area contributed by atoms with Crippen LogP contribution in [0.3, 0.4) is 0 Å². The van der Waals surface area contributed by atoms with Gasteiger partial charge in [-0.2, -0.15) is 0 Å². The van der Waals surface area contributed by atoms with Gasteiger partial charge in [0.1, 0.15) is 0 Å². The van der Waals surface area contributed by atoms with Gasteiger partial charge in [-0.15, -0.1) is 4.13 Å². The summed E-state index contributed by atoms with van der Waals surface area (Å²) in [6.45, 7) is 0.0600. The average Bonchev–Trinajstić information content (AvgIpc) is 2.79. The quantitative estimate of drug-likeness (QED) is 0.605. The van der Waals surface area contributed by atoms with Crippen molar-refractivity contribution in [1.82, 2.24) is 9.03 Å². The summed E-state index contributed by atoms with van der Waals surface area (Å²) < 4.78 is 37.0. The monoisotopic (exact) mass is 392 g/mol. The predicted octanol–water partition coefficient (Wildman–Crippen LogP) is 1.02. The summed E-state index contributed by atoms with van der Waals surface area (Å²) in [6.07, 6.45) is 0.897. The molecule has 1 aliphatic rings. The molecular formula is C17H16N2O5S2. The lowest BCUT2D eigenvalue weighted by molar-refractivity contribution is 0.0642. The Morgan fingerprint density at radius 1 is 0.923 bits per heavy atom. The molecule has 7 nitrogen and oxygen atoms in total. The highest BCUT2D eigenvalue weighted by Crippen LogP contribution is 2.24. The van der Waals surface area contributed by atoms with Crippen LogP contribution in [0.2, 0.25) is 0 Å². The number of carbonyl (C=O) groups is 2. The van der Waals surface area contributed by atoms with Gasteiger partial charge in [-0.3, -0.25) is 14.5 Å². The van der Waals surface area contributed by atoms with E-state index in [4.69, 9.17) is 0 Å². The fourth-order valence-electron chi connectivity index (χ4n) is 2.67. The maximum atomic E-state index is 12.4. The van der Waals surface area contributed by atoms with E-state index in [2.05, 4.69) is 5.87 Å². The number of nitrogens with zero attached hydrogens (tertiary/aromatic N) is 1. The fraction of sp³-hybridized carbons (Fsp3) is 0.118. The lowest BCUT2D eigenvalue weighted by Gasteiger charge is -2.15. The van der Waals surface area contributed by atoms with Crippen LogP contribution in [0.4, 0.5) is 0 Å². The van der Waals surface area contributed by atoms with Crippen LogP contribution in [0.1, 0.15) is 26.3 Å². The second-order valence-corrected chi connectivity index (χ2v) is 9.95. The van der Waals surface area contributed by atoms with Crippen molar-refractivity contribution in [1.29, 1.82) is 0 Å². The molecule has 2 aromatic rings. The molecule has 0 fully saturated rings. The lowest BCUT2D eigenvalue weighted by Crippen LogP contribution is -2.30. The summed E-state index contributed by atoms with van der Waals surface area (Å²) >= 11 is 0. The number of sulfonamides is 1. The molecule has 0 saturated heterocycles. The summed E-state index contributed by atoms with van der Waals surface area (Å²) in [7, 11) is -6.90. The van der Waals surface area contributed by atoms with Crippen molar-refractivity contribution >= 4 is 37.4 Å². The molecule has 136 valence electrons. The van der Waals surface area contributed by atoms with E-state index in [0.717, 1.165) is 11.2 Å². The van der Waals surface area contributed by atoms with E-state index in [1.54, 1.807) is 36.4 Å². The molecule has 0 spiro atoms. The molecule has 0 radical (unpaired) electrons. The summed E-state index contributed by atoms with van der Waals surface area (Å²) in [4.78, 5) is 26.1. The first-order chi connectivity index (χ1) is 12.1. The Morgan fingerprint density at radius 3 is 1.88 bits per heavy atom. The van der Waals surface area contributed by atoms with Gasteiger partial charge in [0.2, 0.25) is 10.0 Å². The van der Waals surface area contributed by atoms with E-state index in [0.29, 0.717) is 16.7 Å². The molecule has 1 heterocycles. The third-order valence-electron chi connectivity index (χ3n) is 3.81. The molecule has 1 unspecified atom stereocenters. The molecule has 2 amide bonds. The third-order valence-corrected chi connectivity index (χ3v) is 7.13. The first-order valence-corrected chi connectivity index (χ1v) is 11.1. The second kappa shape index (κ2) is 6.35. The smallest absolute Gasteiger partial charge is 0.261 e. The average molecular weight is 392 g/mol. The molecule has 1 aliphatic heterocycles. The summed E-state index contributed by atoms with van der Waals surface area (Å²) in [5, 5.41) is 0. The van der Waals surface area contributed by atoms with Crippen LogP contribution in [0, 0.1) is 0 Å². The Bertz CT molecular complexity index is 1070. The molecule has 26 heavy (non-hydrogen) atoms. The van der Waals surface area contributed by atoms with Gasteiger partial charge in [-0.05, 0) is 35.7 Å². The van der Waals surface area contributed by atoms with Crippen molar-refractivity contribution in [3.05, 3.63) is 65.2 Å². The molecule has 9 heteroatoms. The van der Waals surface area contributed by atoms with E-state index in [1.165, 1.54) is 12.1 Å². The molecule has 3 rings (SSSR count). The number of hydrogen-bond acceptors (Lipinski definition) is 5. The zero-order valence-electron chi connectivity index (χ0n) is 13.8. The molecule has 0 saturated carbocycles. The SMILES string of the molecule is C=S(=O)(NS(C)(=O)=O)c1ccc(CN2C(=O)c3ccccc3C2=O)cc1. The van der Waals surface area contributed by atoms with Gasteiger partial charge < -0.3 is 0 Å². The number of hydrogen-bond donors (Lipinski definition) is 1. The number of rotatable bonds is 5. The van der Waals surface area contributed by atoms with E-state index < -0.39 is 19.7 Å². The predicted molar refractivity (Wildman–Crippen MR) is 98.6 cm³/mol. The minimum atomic E-state index is -3.69.